The molecule has 0 N–H and O–H groups in total. The van der Waals surface area contributed by atoms with Crippen molar-refractivity contribution in [2.75, 3.05) is 18.1 Å². The molecule has 0 atom stereocenters. The largest absolute Gasteiger partial charge is 0.494 e. The van der Waals surface area contributed by atoms with E-state index in [1.807, 2.05) is 6.92 Å². The molecule has 1 aromatic heterocycles. The van der Waals surface area contributed by atoms with Gasteiger partial charge in [0.2, 0.25) is 0 Å². The van der Waals surface area contributed by atoms with Crippen molar-refractivity contribution < 1.29 is 13.9 Å². The summed E-state index contributed by atoms with van der Waals surface area (Å²) in [6.07, 6.45) is 2.55. The molecule has 0 fully saturated rings. The van der Waals surface area contributed by atoms with E-state index < -0.39 is 0 Å². The molecule has 0 radical (unpaired) electrons. The Labute approximate surface area is 180 Å². The average molecular weight is 418 g/mol. The number of carbonyl (C=O) groups excluding carboxylic acids is 1. The van der Waals surface area contributed by atoms with Crippen molar-refractivity contribution in [3.05, 3.63) is 71.3 Å². The van der Waals surface area contributed by atoms with Crippen LogP contribution in [-0.2, 0) is 12.8 Å². The van der Waals surface area contributed by atoms with Crippen molar-refractivity contribution >= 4 is 11.6 Å². The van der Waals surface area contributed by atoms with Crippen molar-refractivity contribution in [2.24, 2.45) is 0 Å². The summed E-state index contributed by atoms with van der Waals surface area (Å²) in [5, 5.41) is 13.6. The Morgan fingerprint density at radius 1 is 1.23 bits per heavy atom. The molecule has 0 saturated heterocycles. The van der Waals surface area contributed by atoms with Crippen LogP contribution in [0, 0.1) is 17.1 Å². The standard InChI is InChI=1S/C24H23FN4O2/c1-2-31-18-13-11-17(12-14-18)28(16-6-15-26)24(30)23-19-7-5-10-21(19)29(27-23)22-9-4-3-8-20(22)25/h3-4,8-9,11-14H,2,5-7,10,16H2,1H3. The van der Waals surface area contributed by atoms with Crippen LogP contribution >= 0.6 is 0 Å². The lowest BCUT2D eigenvalue weighted by Gasteiger charge is -2.21. The Balaban J connectivity index is 1.73. The summed E-state index contributed by atoms with van der Waals surface area (Å²) in [4.78, 5) is 15.1. The zero-order chi connectivity index (χ0) is 21.8. The van der Waals surface area contributed by atoms with Gasteiger partial charge in [-0.05, 0) is 62.6 Å². The van der Waals surface area contributed by atoms with Crippen molar-refractivity contribution in [1.82, 2.24) is 9.78 Å². The third-order valence-corrected chi connectivity index (χ3v) is 5.37. The smallest absolute Gasteiger partial charge is 0.279 e. The molecule has 7 heteroatoms. The summed E-state index contributed by atoms with van der Waals surface area (Å²) in [5.74, 6) is 0.0443. The SMILES string of the molecule is CCOc1ccc(N(CCC#N)C(=O)c2nn(-c3ccccc3F)c3c2CCC3)cc1. The number of benzene rings is 2. The van der Waals surface area contributed by atoms with E-state index in [0.717, 1.165) is 30.5 Å². The number of amides is 1. The second kappa shape index (κ2) is 9.00. The highest BCUT2D eigenvalue weighted by molar-refractivity contribution is 6.06. The number of hydrogen-bond acceptors (Lipinski definition) is 4. The summed E-state index contributed by atoms with van der Waals surface area (Å²) in [6.45, 7) is 2.70. The van der Waals surface area contributed by atoms with Crippen LogP contribution in [0.5, 0.6) is 5.75 Å². The molecule has 1 aliphatic rings. The molecule has 0 aliphatic heterocycles. The Hall–Kier alpha value is -3.66. The highest BCUT2D eigenvalue weighted by atomic mass is 19.1. The fraction of sp³-hybridized carbons (Fsp3) is 0.292. The first kappa shape index (κ1) is 20.6. The Morgan fingerprint density at radius 2 is 2.00 bits per heavy atom. The summed E-state index contributed by atoms with van der Waals surface area (Å²) in [6, 6.07) is 15.7. The van der Waals surface area contributed by atoms with Crippen molar-refractivity contribution in [3.8, 4) is 17.5 Å². The van der Waals surface area contributed by atoms with E-state index >= 15 is 0 Å². The first-order valence-corrected chi connectivity index (χ1v) is 10.4. The Kier molecular flexibility index (Phi) is 5.99. The molecule has 6 nitrogen and oxygen atoms in total. The molecular weight excluding hydrogens is 395 g/mol. The second-order valence-corrected chi connectivity index (χ2v) is 7.28. The minimum Gasteiger partial charge on any atom is -0.494 e. The van der Waals surface area contributed by atoms with Crippen molar-refractivity contribution in [3.63, 3.8) is 0 Å². The zero-order valence-electron chi connectivity index (χ0n) is 17.3. The molecule has 4 rings (SSSR count). The number of fused-ring (bicyclic) bond motifs is 1. The van der Waals surface area contributed by atoms with Gasteiger partial charge in [-0.15, -0.1) is 0 Å². The maximum absolute atomic E-state index is 14.4. The molecule has 0 unspecified atom stereocenters. The van der Waals surface area contributed by atoms with Gasteiger partial charge in [0.15, 0.2) is 5.69 Å². The average Bonchev–Trinajstić information content (AvgIpc) is 3.39. The van der Waals surface area contributed by atoms with Gasteiger partial charge < -0.3 is 9.64 Å². The molecule has 158 valence electrons. The molecule has 3 aromatic rings. The molecule has 1 heterocycles. The van der Waals surface area contributed by atoms with Crippen molar-refractivity contribution in [2.45, 2.75) is 32.6 Å². The number of ether oxygens (including phenoxy) is 1. The lowest BCUT2D eigenvalue weighted by molar-refractivity contribution is 0.0981. The first-order chi connectivity index (χ1) is 15.1. The number of halogens is 1. The van der Waals surface area contributed by atoms with Crippen LogP contribution in [0.2, 0.25) is 0 Å². The molecular formula is C24H23FN4O2. The molecule has 2 aromatic carbocycles. The highest BCUT2D eigenvalue weighted by Crippen LogP contribution is 2.30. The molecule has 1 aliphatic carbocycles. The van der Waals surface area contributed by atoms with E-state index in [4.69, 9.17) is 10.00 Å². The molecule has 0 bridgehead atoms. The first-order valence-electron chi connectivity index (χ1n) is 10.4. The summed E-state index contributed by atoms with van der Waals surface area (Å²) in [7, 11) is 0. The van der Waals surface area contributed by atoms with Gasteiger partial charge in [-0.3, -0.25) is 4.79 Å². The van der Waals surface area contributed by atoms with Crippen LogP contribution in [0.15, 0.2) is 48.5 Å². The van der Waals surface area contributed by atoms with Gasteiger partial charge in [-0.25, -0.2) is 9.07 Å². The van der Waals surface area contributed by atoms with Crippen LogP contribution in [0.4, 0.5) is 10.1 Å². The third kappa shape index (κ3) is 4.02. The number of hydrogen-bond donors (Lipinski definition) is 0. The van der Waals surface area contributed by atoms with E-state index in [-0.39, 0.29) is 24.7 Å². The van der Waals surface area contributed by atoms with E-state index in [1.54, 1.807) is 52.0 Å². The van der Waals surface area contributed by atoms with E-state index in [2.05, 4.69) is 11.2 Å². The van der Waals surface area contributed by atoms with Gasteiger partial charge in [0.1, 0.15) is 17.3 Å². The summed E-state index contributed by atoms with van der Waals surface area (Å²) >= 11 is 0. The third-order valence-electron chi connectivity index (χ3n) is 5.37. The van der Waals surface area contributed by atoms with Crippen LogP contribution in [0.25, 0.3) is 5.69 Å². The van der Waals surface area contributed by atoms with Crippen LogP contribution in [0.3, 0.4) is 0 Å². The minimum absolute atomic E-state index is 0.190. The maximum Gasteiger partial charge on any atom is 0.279 e. The molecule has 31 heavy (non-hydrogen) atoms. The fourth-order valence-corrected chi connectivity index (χ4v) is 3.96. The normalized spacial score (nSPS) is 12.3. The number of para-hydroxylation sites is 1. The maximum atomic E-state index is 14.4. The number of anilines is 1. The number of nitriles is 1. The quantitative estimate of drug-likeness (QED) is 0.568. The molecule has 0 spiro atoms. The fourth-order valence-electron chi connectivity index (χ4n) is 3.96. The van der Waals surface area contributed by atoms with Gasteiger partial charge in [0, 0.05) is 23.5 Å². The lowest BCUT2D eigenvalue weighted by Crippen LogP contribution is -2.32. The van der Waals surface area contributed by atoms with Crippen LogP contribution in [-0.4, -0.2) is 28.8 Å². The van der Waals surface area contributed by atoms with Gasteiger partial charge in [0.05, 0.1) is 19.1 Å². The van der Waals surface area contributed by atoms with Gasteiger partial charge in [-0.1, -0.05) is 12.1 Å². The number of carbonyl (C=O) groups is 1. The Morgan fingerprint density at radius 3 is 2.71 bits per heavy atom. The Bertz CT molecular complexity index is 1130. The lowest BCUT2D eigenvalue weighted by atomic mass is 10.1. The monoisotopic (exact) mass is 418 g/mol. The van der Waals surface area contributed by atoms with Crippen LogP contribution < -0.4 is 9.64 Å². The second-order valence-electron chi connectivity index (χ2n) is 7.28. The number of rotatable bonds is 7. The highest BCUT2D eigenvalue weighted by Gasteiger charge is 2.30. The predicted octanol–water partition coefficient (Wildman–Crippen LogP) is 4.46. The topological polar surface area (TPSA) is 71.2 Å². The van der Waals surface area contributed by atoms with E-state index in [1.165, 1.54) is 6.07 Å². The predicted molar refractivity (Wildman–Crippen MR) is 115 cm³/mol. The summed E-state index contributed by atoms with van der Waals surface area (Å²) in [5.41, 5.74) is 3.06. The van der Waals surface area contributed by atoms with Crippen LogP contribution in [0.1, 0.15) is 41.5 Å². The van der Waals surface area contributed by atoms with E-state index in [9.17, 15) is 9.18 Å². The molecule has 1 amide bonds. The molecule has 0 saturated carbocycles. The van der Waals surface area contributed by atoms with Crippen molar-refractivity contribution in [1.29, 1.82) is 5.26 Å². The van der Waals surface area contributed by atoms with Gasteiger partial charge in [-0.2, -0.15) is 10.4 Å². The van der Waals surface area contributed by atoms with E-state index in [0.29, 0.717) is 29.4 Å². The van der Waals surface area contributed by atoms with Gasteiger partial charge in [0.25, 0.3) is 5.91 Å². The minimum atomic E-state index is -0.383. The number of nitrogens with zero attached hydrogens (tertiary/aromatic N) is 4. The number of aromatic nitrogens is 2. The zero-order valence-corrected chi connectivity index (χ0v) is 17.3. The summed E-state index contributed by atoms with van der Waals surface area (Å²) < 4.78 is 21.5. The van der Waals surface area contributed by atoms with Gasteiger partial charge >= 0.3 is 0 Å².